The highest BCUT2D eigenvalue weighted by Gasteiger charge is 2.26. The van der Waals surface area contributed by atoms with Gasteiger partial charge in [0.25, 0.3) is 0 Å². The summed E-state index contributed by atoms with van der Waals surface area (Å²) >= 11 is 3.71. The van der Waals surface area contributed by atoms with E-state index >= 15 is 0 Å². The second-order valence-electron chi connectivity index (χ2n) is 6.20. The van der Waals surface area contributed by atoms with E-state index in [0.717, 1.165) is 29.2 Å². The summed E-state index contributed by atoms with van der Waals surface area (Å²) in [6.45, 7) is 8.59. The van der Waals surface area contributed by atoms with Crippen LogP contribution < -0.4 is 10.2 Å². The van der Waals surface area contributed by atoms with Crippen molar-refractivity contribution in [2.45, 2.75) is 58.9 Å². The summed E-state index contributed by atoms with van der Waals surface area (Å²) in [5.74, 6) is 2.66. The van der Waals surface area contributed by atoms with E-state index in [9.17, 15) is 0 Å². The molecule has 1 heterocycles. The van der Waals surface area contributed by atoms with Crippen molar-refractivity contribution in [2.75, 3.05) is 23.3 Å². The van der Waals surface area contributed by atoms with E-state index in [1.165, 1.54) is 32.1 Å². The Morgan fingerprint density at radius 1 is 1.33 bits per heavy atom. The van der Waals surface area contributed by atoms with Gasteiger partial charge in [0.15, 0.2) is 0 Å². The van der Waals surface area contributed by atoms with Crippen molar-refractivity contribution in [3.63, 3.8) is 0 Å². The lowest BCUT2D eigenvalue weighted by atomic mass is 10.1. The average molecular weight is 355 g/mol. The molecule has 0 aromatic carbocycles. The van der Waals surface area contributed by atoms with Crippen LogP contribution >= 0.6 is 15.9 Å². The van der Waals surface area contributed by atoms with Crippen LogP contribution in [-0.4, -0.2) is 29.1 Å². The van der Waals surface area contributed by atoms with Gasteiger partial charge in [0.2, 0.25) is 0 Å². The number of anilines is 2. The van der Waals surface area contributed by atoms with Crippen molar-refractivity contribution < 1.29 is 0 Å². The smallest absolute Gasteiger partial charge is 0.148 e. The van der Waals surface area contributed by atoms with Gasteiger partial charge in [-0.15, -0.1) is 0 Å². The van der Waals surface area contributed by atoms with Crippen LogP contribution in [0.15, 0.2) is 10.8 Å². The van der Waals surface area contributed by atoms with E-state index in [1.54, 1.807) is 6.33 Å². The Balaban J connectivity index is 2.24. The molecule has 4 nitrogen and oxygen atoms in total. The van der Waals surface area contributed by atoms with Crippen molar-refractivity contribution in [1.29, 1.82) is 0 Å². The summed E-state index contributed by atoms with van der Waals surface area (Å²) in [7, 11) is 0. The fourth-order valence-corrected chi connectivity index (χ4v) is 3.50. The van der Waals surface area contributed by atoms with Gasteiger partial charge in [-0.3, -0.25) is 0 Å². The third-order valence-corrected chi connectivity index (χ3v) is 4.83. The minimum Gasteiger partial charge on any atom is -0.369 e. The average Bonchev–Trinajstić information content (AvgIpc) is 2.97. The maximum Gasteiger partial charge on any atom is 0.148 e. The molecule has 0 radical (unpaired) electrons. The lowest BCUT2D eigenvalue weighted by molar-refractivity contribution is 0.524. The second kappa shape index (κ2) is 7.97. The molecular formula is C16H27BrN4. The first-order chi connectivity index (χ1) is 10.1. The Morgan fingerprint density at radius 3 is 2.67 bits per heavy atom. The molecule has 1 fully saturated rings. The molecule has 0 saturated heterocycles. The zero-order valence-electron chi connectivity index (χ0n) is 13.4. The van der Waals surface area contributed by atoms with Crippen molar-refractivity contribution in [3.05, 3.63) is 10.8 Å². The van der Waals surface area contributed by atoms with Crippen LogP contribution in [0, 0.1) is 5.92 Å². The summed E-state index contributed by atoms with van der Waals surface area (Å²) in [4.78, 5) is 11.4. The number of nitrogens with one attached hydrogen (secondary N) is 1. The predicted molar refractivity (Wildman–Crippen MR) is 93.0 cm³/mol. The lowest BCUT2D eigenvalue weighted by Crippen LogP contribution is -2.36. The van der Waals surface area contributed by atoms with Crippen LogP contribution in [0.1, 0.15) is 52.9 Å². The fourth-order valence-electron chi connectivity index (χ4n) is 2.93. The number of hydrogen-bond donors (Lipinski definition) is 1. The van der Waals surface area contributed by atoms with Gasteiger partial charge in [0, 0.05) is 19.1 Å². The number of aromatic nitrogens is 2. The lowest BCUT2D eigenvalue weighted by Gasteiger charge is -2.31. The fraction of sp³-hybridized carbons (Fsp3) is 0.750. The molecule has 1 aromatic heterocycles. The SMILES string of the molecule is CCNc1ncnc(N(CCC(C)C)C2CCCC2)c1Br. The van der Waals surface area contributed by atoms with Crippen molar-refractivity contribution >= 4 is 27.6 Å². The number of hydrogen-bond acceptors (Lipinski definition) is 4. The van der Waals surface area contributed by atoms with Crippen LogP contribution in [0.4, 0.5) is 11.6 Å². The normalized spacial score (nSPS) is 15.7. The highest BCUT2D eigenvalue weighted by Crippen LogP contribution is 2.34. The molecule has 0 aliphatic heterocycles. The monoisotopic (exact) mass is 354 g/mol. The van der Waals surface area contributed by atoms with E-state index in [-0.39, 0.29) is 0 Å². The highest BCUT2D eigenvalue weighted by atomic mass is 79.9. The van der Waals surface area contributed by atoms with Crippen molar-refractivity contribution in [2.24, 2.45) is 5.92 Å². The van der Waals surface area contributed by atoms with E-state index in [4.69, 9.17) is 0 Å². The minimum absolute atomic E-state index is 0.629. The second-order valence-corrected chi connectivity index (χ2v) is 7.00. The maximum atomic E-state index is 4.57. The molecular weight excluding hydrogens is 328 g/mol. The Hall–Kier alpha value is -0.840. The molecule has 21 heavy (non-hydrogen) atoms. The summed E-state index contributed by atoms with van der Waals surface area (Å²) in [6.07, 6.45) is 8.12. The summed E-state index contributed by atoms with van der Waals surface area (Å²) in [5, 5.41) is 3.30. The number of rotatable bonds is 7. The molecule has 0 spiro atoms. The van der Waals surface area contributed by atoms with Gasteiger partial charge >= 0.3 is 0 Å². The van der Waals surface area contributed by atoms with Gasteiger partial charge in [0.1, 0.15) is 22.4 Å². The Kier molecular flexibility index (Phi) is 6.27. The molecule has 1 saturated carbocycles. The molecule has 2 rings (SSSR count). The van der Waals surface area contributed by atoms with Crippen LogP contribution in [0.3, 0.4) is 0 Å². The first kappa shape index (κ1) is 16.5. The van der Waals surface area contributed by atoms with Gasteiger partial charge in [-0.1, -0.05) is 26.7 Å². The molecule has 0 bridgehead atoms. The summed E-state index contributed by atoms with van der Waals surface area (Å²) < 4.78 is 1.00. The van der Waals surface area contributed by atoms with Gasteiger partial charge in [-0.05, 0) is 48.0 Å². The molecule has 0 atom stereocenters. The topological polar surface area (TPSA) is 41.1 Å². The highest BCUT2D eigenvalue weighted by molar-refractivity contribution is 9.10. The Bertz CT molecular complexity index is 444. The number of halogens is 1. The van der Waals surface area contributed by atoms with Gasteiger partial charge in [0.05, 0.1) is 0 Å². The van der Waals surface area contributed by atoms with Crippen LogP contribution in [-0.2, 0) is 0 Å². The van der Waals surface area contributed by atoms with Crippen molar-refractivity contribution in [1.82, 2.24) is 9.97 Å². The third-order valence-electron chi connectivity index (χ3n) is 4.10. The maximum absolute atomic E-state index is 4.57. The molecule has 1 aromatic rings. The summed E-state index contributed by atoms with van der Waals surface area (Å²) in [5.41, 5.74) is 0. The first-order valence-corrected chi connectivity index (χ1v) is 8.93. The number of nitrogens with zero attached hydrogens (tertiary/aromatic N) is 3. The molecule has 5 heteroatoms. The zero-order chi connectivity index (χ0) is 15.2. The Labute approximate surface area is 136 Å². The third kappa shape index (κ3) is 4.31. The van der Waals surface area contributed by atoms with Gasteiger partial charge in [-0.2, -0.15) is 0 Å². The Morgan fingerprint density at radius 2 is 2.05 bits per heavy atom. The van der Waals surface area contributed by atoms with Crippen LogP contribution in [0.2, 0.25) is 0 Å². The van der Waals surface area contributed by atoms with E-state index in [0.29, 0.717) is 12.0 Å². The molecule has 1 aliphatic rings. The molecule has 0 amide bonds. The zero-order valence-corrected chi connectivity index (χ0v) is 15.0. The van der Waals surface area contributed by atoms with E-state index in [1.807, 2.05) is 0 Å². The van der Waals surface area contributed by atoms with Gasteiger partial charge in [-0.25, -0.2) is 9.97 Å². The standard InChI is InChI=1S/C16H27BrN4/c1-4-18-15-14(17)16(20-11-19-15)21(10-9-12(2)3)13-7-5-6-8-13/h11-13H,4-10H2,1-3H3,(H,18,19,20). The largest absolute Gasteiger partial charge is 0.369 e. The molecule has 1 N–H and O–H groups in total. The molecule has 0 unspecified atom stereocenters. The molecule has 118 valence electrons. The van der Waals surface area contributed by atoms with Crippen LogP contribution in [0.25, 0.3) is 0 Å². The predicted octanol–water partition coefficient (Wildman–Crippen LogP) is 4.47. The molecule has 1 aliphatic carbocycles. The summed E-state index contributed by atoms with van der Waals surface area (Å²) in [6, 6.07) is 0.629. The van der Waals surface area contributed by atoms with E-state index < -0.39 is 0 Å². The van der Waals surface area contributed by atoms with E-state index in [2.05, 4.69) is 56.9 Å². The quantitative estimate of drug-likeness (QED) is 0.784. The first-order valence-electron chi connectivity index (χ1n) is 8.14. The van der Waals surface area contributed by atoms with Crippen molar-refractivity contribution in [3.8, 4) is 0 Å². The minimum atomic E-state index is 0.629. The van der Waals surface area contributed by atoms with Crippen LogP contribution in [0.5, 0.6) is 0 Å². The van der Waals surface area contributed by atoms with Gasteiger partial charge < -0.3 is 10.2 Å².